The van der Waals surface area contributed by atoms with E-state index in [1.807, 2.05) is 29.1 Å². The number of ether oxygens (including phenoxy) is 1. The van der Waals surface area contributed by atoms with Crippen molar-refractivity contribution in [1.82, 2.24) is 19.3 Å². The third-order valence-corrected chi connectivity index (χ3v) is 10.1. The Kier molecular flexibility index (Phi) is 9.67. The number of hydrogen-bond donors (Lipinski definition) is 0. The third kappa shape index (κ3) is 6.94. The molecule has 0 aliphatic heterocycles. The van der Waals surface area contributed by atoms with Crippen LogP contribution in [0.2, 0.25) is 0 Å². The van der Waals surface area contributed by atoms with Crippen LogP contribution in [0.3, 0.4) is 0 Å². The molecule has 0 aliphatic rings. The molecular weight excluding hydrogens is 808 g/mol. The Morgan fingerprint density at radius 1 is 0.765 bits per heavy atom. The summed E-state index contributed by atoms with van der Waals surface area (Å²) in [6, 6.07) is 37.1. The van der Waals surface area contributed by atoms with E-state index in [0.717, 1.165) is 61.6 Å². The van der Waals surface area contributed by atoms with Crippen molar-refractivity contribution >= 4 is 21.8 Å². The van der Waals surface area contributed by atoms with E-state index in [9.17, 15) is 0 Å². The normalized spacial score (nSPS) is 12.7. The van der Waals surface area contributed by atoms with Crippen LogP contribution in [0.25, 0.3) is 44.4 Å². The Bertz CT molecular complexity index is 2370. The molecule has 1 atom stereocenters. The maximum Gasteiger partial charge on any atom is 2.00 e. The Labute approximate surface area is 317 Å². The smallest absolute Gasteiger partial charge is 0.509 e. The van der Waals surface area contributed by atoms with Crippen molar-refractivity contribution in [3.8, 4) is 34.1 Å². The summed E-state index contributed by atoms with van der Waals surface area (Å²) in [5.41, 5.74) is 10.8. The van der Waals surface area contributed by atoms with Gasteiger partial charge in [-0.05, 0) is 83.5 Å². The van der Waals surface area contributed by atoms with Crippen LogP contribution < -0.4 is 4.74 Å². The van der Waals surface area contributed by atoms with Crippen LogP contribution in [-0.2, 0) is 26.5 Å². The predicted octanol–water partition coefficient (Wildman–Crippen LogP) is 11.8. The summed E-state index contributed by atoms with van der Waals surface area (Å²) in [7, 11) is 0. The molecule has 0 spiro atoms. The van der Waals surface area contributed by atoms with Crippen molar-refractivity contribution in [2.24, 2.45) is 5.41 Å². The van der Waals surface area contributed by atoms with Gasteiger partial charge in [-0.25, -0.2) is 4.98 Å². The van der Waals surface area contributed by atoms with Gasteiger partial charge in [0.1, 0.15) is 5.82 Å². The standard InChI is InChI=1S/C45H46N4O.Pt/c1-28-20-21-46-42(22-28)48-40-19-16-33(29(2)44(5,6)7)23-39(40)38-18-17-36(27-41(38)48)50-37-25-34(45(8,9)10)24-35(26-37)49-31(4)43(30(3)47-49)32-14-12-11-13-15-32;/h11-25,29H,1-10H3;/q-2;+2. The van der Waals surface area contributed by atoms with Crippen LogP contribution >= 0.6 is 0 Å². The van der Waals surface area contributed by atoms with Gasteiger partial charge in [-0.1, -0.05) is 96.4 Å². The van der Waals surface area contributed by atoms with E-state index in [0.29, 0.717) is 17.4 Å². The van der Waals surface area contributed by atoms with E-state index in [1.165, 1.54) is 10.9 Å². The molecule has 0 bridgehead atoms. The molecule has 0 aliphatic carbocycles. The summed E-state index contributed by atoms with van der Waals surface area (Å²) in [4.78, 5) is 4.80. The molecule has 0 amide bonds. The minimum atomic E-state index is -0.126. The number of aryl methyl sites for hydroxylation is 2. The van der Waals surface area contributed by atoms with E-state index in [1.54, 1.807) is 0 Å². The van der Waals surface area contributed by atoms with Crippen LogP contribution in [0, 0.1) is 38.3 Å². The number of benzene rings is 4. The van der Waals surface area contributed by atoms with E-state index in [4.69, 9.17) is 14.8 Å². The molecule has 0 saturated heterocycles. The fraction of sp³-hybridized carbons (Fsp3) is 0.289. The fourth-order valence-electron chi connectivity index (χ4n) is 6.80. The van der Waals surface area contributed by atoms with Crippen LogP contribution in [0.15, 0.2) is 91.1 Å². The average Bonchev–Trinajstić information content (AvgIpc) is 3.55. The second kappa shape index (κ2) is 13.6. The Balaban J connectivity index is 0.00000448. The molecular formula is C45H46N4OPt. The number of nitrogens with zero attached hydrogens (tertiary/aromatic N) is 4. The molecule has 3 aromatic heterocycles. The van der Waals surface area contributed by atoms with Crippen LogP contribution in [0.4, 0.5) is 0 Å². The van der Waals surface area contributed by atoms with Crippen molar-refractivity contribution in [1.29, 1.82) is 0 Å². The maximum absolute atomic E-state index is 6.68. The molecule has 6 heteroatoms. The van der Waals surface area contributed by atoms with Gasteiger partial charge in [-0.2, -0.15) is 11.2 Å². The van der Waals surface area contributed by atoms with E-state index in [2.05, 4.69) is 153 Å². The minimum Gasteiger partial charge on any atom is -0.509 e. The van der Waals surface area contributed by atoms with Crippen LogP contribution in [0.1, 0.15) is 82.5 Å². The molecule has 0 N–H and O–H groups in total. The molecule has 0 saturated carbocycles. The van der Waals surface area contributed by atoms with Gasteiger partial charge in [0, 0.05) is 34.5 Å². The predicted molar refractivity (Wildman–Crippen MR) is 206 cm³/mol. The fourth-order valence-corrected chi connectivity index (χ4v) is 6.80. The van der Waals surface area contributed by atoms with Gasteiger partial charge in [-0.3, -0.25) is 4.68 Å². The first-order valence-corrected chi connectivity index (χ1v) is 17.5. The summed E-state index contributed by atoms with van der Waals surface area (Å²) in [6.45, 7) is 22.1. The molecule has 3 heterocycles. The minimum absolute atomic E-state index is 0. The van der Waals surface area contributed by atoms with E-state index in [-0.39, 0.29) is 31.9 Å². The van der Waals surface area contributed by atoms with Gasteiger partial charge in [0.25, 0.3) is 0 Å². The summed E-state index contributed by atoms with van der Waals surface area (Å²) in [5, 5.41) is 7.29. The van der Waals surface area contributed by atoms with Gasteiger partial charge in [0.05, 0.1) is 5.69 Å². The van der Waals surface area contributed by atoms with E-state index < -0.39 is 0 Å². The second-order valence-electron chi connectivity index (χ2n) is 15.8. The molecule has 4 aromatic carbocycles. The topological polar surface area (TPSA) is 44.9 Å². The Morgan fingerprint density at radius 3 is 2.20 bits per heavy atom. The van der Waals surface area contributed by atoms with Gasteiger partial charge in [0.15, 0.2) is 0 Å². The molecule has 262 valence electrons. The molecule has 0 fully saturated rings. The van der Waals surface area contributed by atoms with Crippen LogP contribution in [0.5, 0.6) is 11.5 Å². The molecule has 0 radical (unpaired) electrons. The number of rotatable bonds is 6. The monoisotopic (exact) mass is 853 g/mol. The molecule has 7 rings (SSSR count). The summed E-state index contributed by atoms with van der Waals surface area (Å²) in [6.07, 6.45) is 1.87. The first-order chi connectivity index (χ1) is 23.7. The third-order valence-electron chi connectivity index (χ3n) is 10.1. The molecule has 7 aromatic rings. The first kappa shape index (κ1) is 36.3. The van der Waals surface area contributed by atoms with Crippen molar-refractivity contribution in [3.05, 3.63) is 131 Å². The van der Waals surface area contributed by atoms with Gasteiger partial charge in [-0.15, -0.1) is 41.3 Å². The average molecular weight is 854 g/mol. The number of fused-ring (bicyclic) bond motifs is 3. The van der Waals surface area contributed by atoms with Gasteiger partial charge < -0.3 is 9.30 Å². The summed E-state index contributed by atoms with van der Waals surface area (Å²) < 4.78 is 10.9. The summed E-state index contributed by atoms with van der Waals surface area (Å²) >= 11 is 0. The molecule has 1 unspecified atom stereocenters. The van der Waals surface area contributed by atoms with Gasteiger partial charge >= 0.3 is 21.1 Å². The van der Waals surface area contributed by atoms with Gasteiger partial charge in [0.2, 0.25) is 0 Å². The van der Waals surface area contributed by atoms with Crippen molar-refractivity contribution in [2.75, 3.05) is 0 Å². The SMILES string of the molecule is Cc1ccnc(-n2c3[c-]c(Oc4[c-]c(-n5nc(C)c(-c6ccccc6)c5C)cc(C(C)(C)C)c4)ccc3c3cc(C(C)C(C)(C)C)ccc32)c1.[Pt+2]. The Hall–Kier alpha value is -4.47. The molecule has 51 heavy (non-hydrogen) atoms. The second-order valence-corrected chi connectivity index (χ2v) is 15.8. The van der Waals surface area contributed by atoms with E-state index >= 15 is 0 Å². The zero-order valence-electron chi connectivity index (χ0n) is 31.3. The van der Waals surface area contributed by atoms with Crippen molar-refractivity contribution in [3.63, 3.8) is 0 Å². The molecule has 5 nitrogen and oxygen atoms in total. The quantitative estimate of drug-likeness (QED) is 0.157. The number of pyridine rings is 1. The maximum atomic E-state index is 6.68. The zero-order chi connectivity index (χ0) is 35.5. The zero-order valence-corrected chi connectivity index (χ0v) is 33.5. The Morgan fingerprint density at radius 2 is 1.51 bits per heavy atom. The summed E-state index contributed by atoms with van der Waals surface area (Å²) in [5.74, 6) is 2.48. The van der Waals surface area contributed by atoms with Crippen molar-refractivity contribution in [2.45, 2.75) is 80.6 Å². The van der Waals surface area contributed by atoms with Crippen LogP contribution in [-0.4, -0.2) is 19.3 Å². The first-order valence-electron chi connectivity index (χ1n) is 17.5. The largest absolute Gasteiger partial charge is 2.00 e. The number of aromatic nitrogens is 4. The van der Waals surface area contributed by atoms with Crippen molar-refractivity contribution < 1.29 is 25.8 Å². The number of hydrogen-bond acceptors (Lipinski definition) is 3.